The Morgan fingerprint density at radius 3 is 2.48 bits per heavy atom. The predicted molar refractivity (Wildman–Crippen MR) is 99.4 cm³/mol. The van der Waals surface area contributed by atoms with E-state index in [2.05, 4.69) is 19.9 Å². The number of ether oxygens (including phenoxy) is 1. The van der Waals surface area contributed by atoms with Crippen LogP contribution in [0, 0.1) is 0 Å². The van der Waals surface area contributed by atoms with Gasteiger partial charge in [0, 0.05) is 38.1 Å². The van der Waals surface area contributed by atoms with Crippen LogP contribution in [0.2, 0.25) is 0 Å². The van der Waals surface area contributed by atoms with Gasteiger partial charge in [-0.05, 0) is 30.3 Å². The number of anilines is 2. The maximum absolute atomic E-state index is 12.4. The van der Waals surface area contributed by atoms with Crippen molar-refractivity contribution in [1.82, 2.24) is 9.88 Å². The molecule has 0 spiro atoms. The van der Waals surface area contributed by atoms with Crippen molar-refractivity contribution in [3.8, 4) is 0 Å². The molecule has 1 fully saturated rings. The predicted octanol–water partition coefficient (Wildman–Crippen LogP) is 1.16. The van der Waals surface area contributed by atoms with Crippen molar-refractivity contribution in [1.29, 1.82) is 0 Å². The summed E-state index contributed by atoms with van der Waals surface area (Å²) in [4.78, 5) is 44.1. The molecule has 0 saturated carbocycles. The molecule has 1 aromatic carbocycles. The van der Waals surface area contributed by atoms with Gasteiger partial charge in [-0.3, -0.25) is 9.59 Å². The quantitative estimate of drug-likeness (QED) is 0.646. The number of nitrogens with zero attached hydrogens (tertiary/aromatic N) is 3. The molecule has 1 N–H and O–H groups in total. The monoisotopic (exact) mass is 368 g/mol. The number of hydrogen-bond acceptors (Lipinski definition) is 6. The zero-order valence-electron chi connectivity index (χ0n) is 14.9. The Balaban J connectivity index is 1.57. The molecule has 1 aliphatic rings. The van der Waals surface area contributed by atoms with E-state index < -0.39 is 17.8 Å². The maximum atomic E-state index is 12.4. The first kappa shape index (κ1) is 18.4. The third-order valence-corrected chi connectivity index (χ3v) is 4.28. The second-order valence-corrected chi connectivity index (χ2v) is 5.99. The van der Waals surface area contributed by atoms with Gasteiger partial charge < -0.3 is 19.9 Å². The molecule has 8 heteroatoms. The van der Waals surface area contributed by atoms with Gasteiger partial charge in [-0.15, -0.1) is 0 Å². The van der Waals surface area contributed by atoms with Gasteiger partial charge in [-0.1, -0.05) is 12.1 Å². The summed E-state index contributed by atoms with van der Waals surface area (Å²) in [6, 6.07) is 11.9. The van der Waals surface area contributed by atoms with Crippen LogP contribution in [-0.2, 0) is 14.3 Å². The molecule has 0 radical (unpaired) electrons. The van der Waals surface area contributed by atoms with Crippen molar-refractivity contribution in [2.75, 3.05) is 43.5 Å². The van der Waals surface area contributed by atoms with Gasteiger partial charge in [0.25, 0.3) is 0 Å². The number of amides is 2. The number of benzene rings is 1. The minimum atomic E-state index is -0.733. The molecular weight excluding hydrogens is 348 g/mol. The summed E-state index contributed by atoms with van der Waals surface area (Å²) in [5.74, 6) is -0.987. The average Bonchev–Trinajstić information content (AvgIpc) is 2.73. The summed E-state index contributed by atoms with van der Waals surface area (Å²) in [6.45, 7) is 2.08. The third-order valence-electron chi connectivity index (χ3n) is 4.28. The van der Waals surface area contributed by atoms with Crippen LogP contribution in [0.3, 0.4) is 0 Å². The lowest BCUT2D eigenvalue weighted by atomic mass is 10.2. The Bertz CT molecular complexity index is 833. The lowest BCUT2D eigenvalue weighted by Crippen LogP contribution is -2.51. The number of carbonyl (C=O) groups excluding carboxylic acids is 3. The van der Waals surface area contributed by atoms with Crippen molar-refractivity contribution in [3.63, 3.8) is 0 Å². The highest BCUT2D eigenvalue weighted by atomic mass is 16.5. The number of methoxy groups -OCH3 is 1. The number of nitrogens with one attached hydrogen (secondary N) is 1. The first-order chi connectivity index (χ1) is 13.1. The van der Waals surface area contributed by atoms with Crippen LogP contribution >= 0.6 is 0 Å². The fourth-order valence-electron chi connectivity index (χ4n) is 2.85. The molecule has 140 valence electrons. The van der Waals surface area contributed by atoms with Crippen molar-refractivity contribution < 1.29 is 19.1 Å². The molecule has 1 aromatic heterocycles. The fraction of sp³-hybridized carbons (Fsp3) is 0.263. The van der Waals surface area contributed by atoms with Gasteiger partial charge in [-0.25, -0.2) is 9.78 Å². The first-order valence-corrected chi connectivity index (χ1v) is 8.53. The Labute approximate surface area is 156 Å². The van der Waals surface area contributed by atoms with E-state index in [-0.39, 0.29) is 0 Å². The smallest absolute Gasteiger partial charge is 0.337 e. The summed E-state index contributed by atoms with van der Waals surface area (Å²) in [5.41, 5.74) is 0.662. The van der Waals surface area contributed by atoms with Crippen molar-refractivity contribution in [2.45, 2.75) is 0 Å². The molecule has 0 bridgehead atoms. The average molecular weight is 368 g/mol. The van der Waals surface area contributed by atoms with E-state index in [0.29, 0.717) is 37.4 Å². The molecule has 2 heterocycles. The van der Waals surface area contributed by atoms with Crippen LogP contribution < -0.4 is 10.2 Å². The van der Waals surface area contributed by atoms with Crippen LogP contribution in [-0.4, -0.2) is 61.0 Å². The van der Waals surface area contributed by atoms with Crippen LogP contribution in [0.4, 0.5) is 11.5 Å². The molecule has 2 amide bonds. The second kappa shape index (κ2) is 8.31. The number of pyridine rings is 1. The molecule has 0 aliphatic carbocycles. The molecule has 1 aliphatic heterocycles. The molecule has 3 rings (SSSR count). The Kier molecular flexibility index (Phi) is 5.65. The van der Waals surface area contributed by atoms with E-state index in [1.807, 2.05) is 18.2 Å². The fourth-order valence-corrected chi connectivity index (χ4v) is 2.85. The third kappa shape index (κ3) is 4.41. The van der Waals surface area contributed by atoms with Gasteiger partial charge >= 0.3 is 17.8 Å². The topological polar surface area (TPSA) is 91.8 Å². The van der Waals surface area contributed by atoms with E-state index in [1.54, 1.807) is 24.4 Å². The van der Waals surface area contributed by atoms with Gasteiger partial charge in [0.15, 0.2) is 0 Å². The Morgan fingerprint density at radius 2 is 1.81 bits per heavy atom. The van der Waals surface area contributed by atoms with Crippen molar-refractivity contribution in [2.24, 2.45) is 0 Å². The zero-order valence-corrected chi connectivity index (χ0v) is 14.9. The van der Waals surface area contributed by atoms with E-state index >= 15 is 0 Å². The lowest BCUT2D eigenvalue weighted by molar-refractivity contribution is -0.143. The van der Waals surface area contributed by atoms with E-state index in [9.17, 15) is 14.4 Å². The van der Waals surface area contributed by atoms with Crippen LogP contribution in [0.1, 0.15) is 10.4 Å². The largest absolute Gasteiger partial charge is 0.465 e. The molecule has 27 heavy (non-hydrogen) atoms. The van der Waals surface area contributed by atoms with E-state index in [1.165, 1.54) is 18.1 Å². The van der Waals surface area contributed by atoms with Crippen LogP contribution in [0.25, 0.3) is 0 Å². The number of piperazine rings is 1. The SMILES string of the molecule is COC(=O)c1cccc(NC(=O)C(=O)N2CCN(c3ccccn3)CC2)c1. The normalized spacial score (nSPS) is 13.8. The van der Waals surface area contributed by atoms with Crippen molar-refractivity contribution >= 4 is 29.3 Å². The summed E-state index contributed by atoms with van der Waals surface area (Å²) >= 11 is 0. The summed E-state index contributed by atoms with van der Waals surface area (Å²) in [7, 11) is 1.28. The minimum Gasteiger partial charge on any atom is -0.465 e. The van der Waals surface area contributed by atoms with Gasteiger partial charge in [-0.2, -0.15) is 0 Å². The highest BCUT2D eigenvalue weighted by Crippen LogP contribution is 2.14. The number of rotatable bonds is 3. The Morgan fingerprint density at radius 1 is 1.04 bits per heavy atom. The standard InChI is InChI=1S/C19H20N4O4/c1-27-19(26)14-5-4-6-15(13-14)21-17(24)18(25)23-11-9-22(10-12-23)16-7-2-3-8-20-16/h2-8,13H,9-12H2,1H3,(H,21,24). The molecule has 0 unspecified atom stereocenters. The van der Waals surface area contributed by atoms with E-state index in [4.69, 9.17) is 0 Å². The highest BCUT2D eigenvalue weighted by molar-refractivity contribution is 6.39. The minimum absolute atomic E-state index is 0.298. The van der Waals surface area contributed by atoms with Gasteiger partial charge in [0.05, 0.1) is 12.7 Å². The summed E-state index contributed by atoms with van der Waals surface area (Å²) in [6.07, 6.45) is 1.72. The first-order valence-electron chi connectivity index (χ1n) is 8.53. The van der Waals surface area contributed by atoms with Crippen LogP contribution in [0.15, 0.2) is 48.7 Å². The Hall–Kier alpha value is -3.42. The maximum Gasteiger partial charge on any atom is 0.337 e. The van der Waals surface area contributed by atoms with E-state index in [0.717, 1.165) is 5.82 Å². The van der Waals surface area contributed by atoms with Gasteiger partial charge in [0.1, 0.15) is 5.82 Å². The molecule has 1 saturated heterocycles. The lowest BCUT2D eigenvalue weighted by Gasteiger charge is -2.34. The molecule has 2 aromatic rings. The number of esters is 1. The summed E-state index contributed by atoms with van der Waals surface area (Å²) in [5, 5.41) is 2.54. The molecule has 0 atom stereocenters. The highest BCUT2D eigenvalue weighted by Gasteiger charge is 2.26. The zero-order chi connectivity index (χ0) is 19.2. The van der Waals surface area contributed by atoms with Crippen LogP contribution in [0.5, 0.6) is 0 Å². The van der Waals surface area contributed by atoms with Crippen molar-refractivity contribution in [3.05, 3.63) is 54.2 Å². The number of hydrogen-bond donors (Lipinski definition) is 1. The summed E-state index contributed by atoms with van der Waals surface area (Å²) < 4.78 is 4.65. The van der Waals surface area contributed by atoms with Gasteiger partial charge in [0.2, 0.25) is 0 Å². The number of aromatic nitrogens is 1. The second-order valence-electron chi connectivity index (χ2n) is 5.99. The molecular formula is C19H20N4O4. The molecule has 8 nitrogen and oxygen atoms in total. The number of carbonyl (C=O) groups is 3.